The molecule has 1 aromatic carbocycles. The molecule has 0 unspecified atom stereocenters. The Balaban J connectivity index is 0.00000108. The van der Waals surface area contributed by atoms with Gasteiger partial charge < -0.3 is 15.3 Å². The van der Waals surface area contributed by atoms with Gasteiger partial charge >= 0.3 is 0 Å². The van der Waals surface area contributed by atoms with E-state index in [1.54, 1.807) is 29.9 Å². The first-order valence-corrected chi connectivity index (χ1v) is 13.7. The van der Waals surface area contributed by atoms with Crippen molar-refractivity contribution >= 4 is 33.3 Å². The van der Waals surface area contributed by atoms with Crippen LogP contribution in [0.25, 0.3) is 0 Å². The van der Waals surface area contributed by atoms with Crippen LogP contribution in [0, 0.1) is 18.7 Å². The summed E-state index contributed by atoms with van der Waals surface area (Å²) in [5.74, 6) is 0.347. The highest BCUT2D eigenvalue weighted by Crippen LogP contribution is 2.30. The number of aromatic nitrogens is 2. The van der Waals surface area contributed by atoms with E-state index >= 15 is 0 Å². The van der Waals surface area contributed by atoms with E-state index in [4.69, 9.17) is 9.90 Å². The number of nitrogens with one attached hydrogen (secondary N) is 1. The minimum atomic E-state index is -3.58. The second-order valence-corrected chi connectivity index (χ2v) is 11.2. The van der Waals surface area contributed by atoms with Crippen molar-refractivity contribution in [2.75, 3.05) is 18.9 Å². The molecule has 0 saturated heterocycles. The predicted octanol–water partition coefficient (Wildman–Crippen LogP) is 4.11. The van der Waals surface area contributed by atoms with E-state index in [1.165, 1.54) is 36.3 Å². The van der Waals surface area contributed by atoms with Crippen LogP contribution < -0.4 is 5.32 Å². The van der Waals surface area contributed by atoms with Gasteiger partial charge in [0.2, 0.25) is 9.84 Å². The molecule has 0 bridgehead atoms. The molecule has 1 aliphatic rings. The van der Waals surface area contributed by atoms with Crippen LogP contribution in [0.2, 0.25) is 0 Å². The number of carboxylic acid groups (broad SMARTS) is 1. The monoisotopic (exact) mass is 520 g/mol. The molecule has 1 fully saturated rings. The van der Waals surface area contributed by atoms with E-state index in [0.29, 0.717) is 35.7 Å². The Bertz CT molecular complexity index is 1230. The largest absolute Gasteiger partial charge is 0.483 e. The fourth-order valence-corrected chi connectivity index (χ4v) is 5.62. The van der Waals surface area contributed by atoms with Crippen LogP contribution in [0.4, 0.5) is 10.1 Å². The van der Waals surface area contributed by atoms with Crippen molar-refractivity contribution in [3.05, 3.63) is 69.6 Å². The van der Waals surface area contributed by atoms with E-state index in [2.05, 4.69) is 27.2 Å². The molecule has 35 heavy (non-hydrogen) atoms. The third-order valence-electron chi connectivity index (χ3n) is 5.58. The third kappa shape index (κ3) is 7.81. The zero-order chi connectivity index (χ0) is 25.4. The van der Waals surface area contributed by atoms with E-state index in [0.717, 1.165) is 18.0 Å². The molecule has 2 N–H and O–H groups in total. The Morgan fingerprint density at radius 3 is 2.66 bits per heavy atom. The number of aryl methyl sites for hydroxylation is 1. The van der Waals surface area contributed by atoms with E-state index in [9.17, 15) is 12.8 Å². The summed E-state index contributed by atoms with van der Waals surface area (Å²) >= 11 is 1.36. The quantitative estimate of drug-likeness (QED) is 0.384. The van der Waals surface area contributed by atoms with Crippen molar-refractivity contribution in [3.63, 3.8) is 0 Å². The highest BCUT2D eigenvalue weighted by atomic mass is 32.2. The van der Waals surface area contributed by atoms with Crippen LogP contribution in [-0.4, -0.2) is 48.5 Å². The molecule has 2 aromatic heterocycles. The molecule has 0 amide bonds. The maximum atomic E-state index is 14.6. The molecular formula is C24H29FN4O4S2. The lowest BCUT2D eigenvalue weighted by atomic mass is 10.1. The van der Waals surface area contributed by atoms with Crippen molar-refractivity contribution in [2.45, 2.75) is 43.6 Å². The summed E-state index contributed by atoms with van der Waals surface area (Å²) in [6, 6.07) is 8.36. The van der Waals surface area contributed by atoms with Gasteiger partial charge in [0.15, 0.2) is 5.03 Å². The highest BCUT2D eigenvalue weighted by Gasteiger charge is 2.23. The Labute approximate surface area is 208 Å². The number of sulfone groups is 1. The summed E-state index contributed by atoms with van der Waals surface area (Å²) in [5.41, 5.74) is 4.92. The predicted molar refractivity (Wildman–Crippen MR) is 133 cm³/mol. The highest BCUT2D eigenvalue weighted by molar-refractivity contribution is 7.90. The molecule has 188 valence electrons. The van der Waals surface area contributed by atoms with Crippen LogP contribution in [0.1, 0.15) is 35.4 Å². The standard InChI is InChI=1S/C23H27FN4O2S2.CH2O2/c1-16-22(8-9-23(27-16)32(29,30)14-19-13-31-15-26-19)25-10-20-18(4-3-5-21(20)24)12-28(2)11-17-6-7-17;2-1-3/h3-5,8-9,13,15,17,25H,6-7,10-12,14H2,1-2H3;1H,(H,2,3). The number of benzene rings is 1. The van der Waals surface area contributed by atoms with E-state index in [1.807, 2.05) is 6.07 Å². The van der Waals surface area contributed by atoms with Crippen molar-refractivity contribution in [1.82, 2.24) is 14.9 Å². The van der Waals surface area contributed by atoms with E-state index in [-0.39, 0.29) is 23.1 Å². The van der Waals surface area contributed by atoms with Gasteiger partial charge in [-0.15, -0.1) is 11.3 Å². The lowest BCUT2D eigenvalue weighted by Gasteiger charge is -2.20. The Kier molecular flexibility index (Phi) is 9.30. The topological polar surface area (TPSA) is 112 Å². The fourth-order valence-electron chi connectivity index (χ4n) is 3.71. The Hall–Kier alpha value is -2.89. The lowest BCUT2D eigenvalue weighted by Crippen LogP contribution is -2.22. The molecule has 4 rings (SSSR count). The zero-order valence-corrected chi connectivity index (χ0v) is 21.3. The van der Waals surface area contributed by atoms with Gasteiger partial charge in [0.1, 0.15) is 5.82 Å². The minimum Gasteiger partial charge on any atom is -0.483 e. The van der Waals surface area contributed by atoms with Gasteiger partial charge in [0.05, 0.1) is 28.3 Å². The molecule has 3 aromatic rings. The van der Waals surface area contributed by atoms with Gasteiger partial charge in [-0.25, -0.2) is 22.8 Å². The van der Waals surface area contributed by atoms with Crippen molar-refractivity contribution in [3.8, 4) is 0 Å². The van der Waals surface area contributed by atoms with Gasteiger partial charge in [0, 0.05) is 30.6 Å². The average Bonchev–Trinajstić information content (AvgIpc) is 3.46. The number of anilines is 1. The van der Waals surface area contributed by atoms with Gasteiger partial charge in [0.25, 0.3) is 6.47 Å². The smallest absolute Gasteiger partial charge is 0.290 e. The first kappa shape index (κ1) is 26.7. The summed E-state index contributed by atoms with van der Waals surface area (Å²) in [7, 11) is -1.51. The molecule has 11 heteroatoms. The minimum absolute atomic E-state index is 0.0156. The van der Waals surface area contributed by atoms with Crippen LogP contribution >= 0.6 is 11.3 Å². The normalized spacial score (nSPS) is 13.3. The Morgan fingerprint density at radius 1 is 1.29 bits per heavy atom. The summed E-state index contributed by atoms with van der Waals surface area (Å²) in [4.78, 5) is 18.9. The van der Waals surface area contributed by atoms with Gasteiger partial charge in [-0.1, -0.05) is 12.1 Å². The first-order valence-electron chi connectivity index (χ1n) is 11.1. The summed E-state index contributed by atoms with van der Waals surface area (Å²) in [5, 5.41) is 11.9. The number of nitrogens with zero attached hydrogens (tertiary/aromatic N) is 3. The van der Waals surface area contributed by atoms with Crippen LogP contribution in [0.15, 0.2) is 46.2 Å². The van der Waals surface area contributed by atoms with Crippen LogP contribution in [-0.2, 0) is 33.5 Å². The summed E-state index contributed by atoms with van der Waals surface area (Å²) in [6.07, 6.45) is 2.56. The number of pyridine rings is 1. The molecular weight excluding hydrogens is 491 g/mol. The summed E-state index contributed by atoms with van der Waals surface area (Å²) in [6.45, 7) is 3.52. The second-order valence-electron chi connectivity index (χ2n) is 8.50. The maximum absolute atomic E-state index is 14.6. The summed E-state index contributed by atoms with van der Waals surface area (Å²) < 4.78 is 39.9. The lowest BCUT2D eigenvalue weighted by molar-refractivity contribution is -0.122. The number of thiazole rings is 1. The molecule has 0 radical (unpaired) electrons. The molecule has 1 aliphatic carbocycles. The third-order valence-corrected chi connectivity index (χ3v) is 7.75. The number of hydrogen-bond acceptors (Lipinski definition) is 8. The molecule has 1 saturated carbocycles. The molecule has 0 spiro atoms. The van der Waals surface area contributed by atoms with Crippen molar-refractivity contribution < 1.29 is 22.7 Å². The number of halogens is 1. The molecule has 2 heterocycles. The molecule has 0 atom stereocenters. The zero-order valence-electron chi connectivity index (χ0n) is 19.6. The number of hydrogen-bond donors (Lipinski definition) is 2. The fraction of sp³-hybridized carbons (Fsp3) is 0.375. The second kappa shape index (κ2) is 12.2. The molecule has 8 nitrogen and oxygen atoms in total. The SMILES string of the molecule is Cc1nc(S(=O)(=O)Cc2cscn2)ccc1NCc1c(F)cccc1CN(C)CC1CC1.O=CO. The Morgan fingerprint density at radius 2 is 2.03 bits per heavy atom. The van der Waals surface area contributed by atoms with Gasteiger partial charge in [-0.3, -0.25) is 4.79 Å². The first-order chi connectivity index (χ1) is 16.7. The van der Waals surface area contributed by atoms with Crippen LogP contribution in [0.3, 0.4) is 0 Å². The number of rotatable bonds is 10. The van der Waals surface area contributed by atoms with Crippen molar-refractivity contribution in [2.24, 2.45) is 5.92 Å². The van der Waals surface area contributed by atoms with Gasteiger partial charge in [-0.05, 0) is 56.5 Å². The number of carbonyl (C=O) groups is 1. The average molecular weight is 521 g/mol. The van der Waals surface area contributed by atoms with Crippen molar-refractivity contribution in [1.29, 1.82) is 0 Å². The molecule has 0 aliphatic heterocycles. The van der Waals surface area contributed by atoms with Crippen LogP contribution in [0.5, 0.6) is 0 Å². The van der Waals surface area contributed by atoms with E-state index < -0.39 is 9.84 Å². The maximum Gasteiger partial charge on any atom is 0.290 e. The van der Waals surface area contributed by atoms with Gasteiger partial charge in [-0.2, -0.15) is 0 Å².